The van der Waals surface area contributed by atoms with E-state index in [9.17, 15) is 0 Å². The minimum absolute atomic E-state index is 0.157. The third-order valence-electron chi connectivity index (χ3n) is 2.55. The molecule has 0 aromatic carbocycles. The van der Waals surface area contributed by atoms with Crippen LogP contribution in [0.2, 0.25) is 0 Å². The van der Waals surface area contributed by atoms with Crippen LogP contribution >= 0.6 is 0 Å². The quantitative estimate of drug-likeness (QED) is 0.760. The van der Waals surface area contributed by atoms with E-state index in [1.807, 2.05) is 11.7 Å². The number of nitrogens with zero attached hydrogens (tertiary/aromatic N) is 2. The summed E-state index contributed by atoms with van der Waals surface area (Å²) in [6, 6.07) is 2.29. The Morgan fingerprint density at radius 1 is 1.60 bits per heavy atom. The summed E-state index contributed by atoms with van der Waals surface area (Å²) in [6.45, 7) is 2.83. The molecule has 0 aliphatic heterocycles. The molecule has 0 radical (unpaired) electrons. The average molecular weight is 211 g/mol. The zero-order valence-corrected chi connectivity index (χ0v) is 9.86. The molecule has 0 amide bonds. The first-order valence-corrected chi connectivity index (χ1v) is 5.43. The smallest absolute Gasteiger partial charge is 0.0624 e. The maximum absolute atomic E-state index is 5.99. The first-order valence-electron chi connectivity index (χ1n) is 5.43. The number of aryl methyl sites for hydroxylation is 2. The van der Waals surface area contributed by atoms with Gasteiger partial charge in [0.2, 0.25) is 0 Å². The van der Waals surface area contributed by atoms with Gasteiger partial charge in [0, 0.05) is 38.9 Å². The molecule has 0 spiro atoms. The van der Waals surface area contributed by atoms with E-state index in [0.717, 1.165) is 31.6 Å². The largest absolute Gasteiger partial charge is 0.385 e. The molecule has 0 aliphatic carbocycles. The summed E-state index contributed by atoms with van der Waals surface area (Å²) in [6.07, 6.45) is 2.73. The second-order valence-corrected chi connectivity index (χ2v) is 3.85. The molecule has 0 bridgehead atoms. The molecular weight excluding hydrogens is 190 g/mol. The van der Waals surface area contributed by atoms with Crippen LogP contribution in [0, 0.1) is 0 Å². The van der Waals surface area contributed by atoms with Crippen molar-refractivity contribution in [2.75, 3.05) is 13.7 Å². The van der Waals surface area contributed by atoms with E-state index in [4.69, 9.17) is 10.5 Å². The molecule has 1 atom stereocenters. The lowest BCUT2D eigenvalue weighted by molar-refractivity contribution is 0.187. The van der Waals surface area contributed by atoms with Gasteiger partial charge in [-0.05, 0) is 18.9 Å². The van der Waals surface area contributed by atoms with Crippen LogP contribution in [-0.4, -0.2) is 29.5 Å². The minimum Gasteiger partial charge on any atom is -0.385 e. The highest BCUT2D eigenvalue weighted by molar-refractivity contribution is 5.11. The van der Waals surface area contributed by atoms with Gasteiger partial charge in [0.25, 0.3) is 0 Å². The predicted molar refractivity (Wildman–Crippen MR) is 60.8 cm³/mol. The molecule has 15 heavy (non-hydrogen) atoms. The maximum atomic E-state index is 5.99. The standard InChI is InChI=1S/C11H21N3O/c1-4-10-8-11(14(2)13-10)7-9(12)5-6-15-3/h8-9H,4-7,12H2,1-3H3. The number of aromatic nitrogens is 2. The Morgan fingerprint density at radius 2 is 2.33 bits per heavy atom. The van der Waals surface area contributed by atoms with Gasteiger partial charge in [0.15, 0.2) is 0 Å². The van der Waals surface area contributed by atoms with Crippen LogP contribution in [0.5, 0.6) is 0 Å². The summed E-state index contributed by atoms with van der Waals surface area (Å²) < 4.78 is 6.93. The van der Waals surface area contributed by atoms with Crippen molar-refractivity contribution in [3.05, 3.63) is 17.5 Å². The normalized spacial score (nSPS) is 13.1. The molecule has 0 saturated heterocycles. The molecule has 2 N–H and O–H groups in total. The molecule has 1 heterocycles. The average Bonchev–Trinajstić information content (AvgIpc) is 2.57. The van der Waals surface area contributed by atoms with E-state index < -0.39 is 0 Å². The lowest BCUT2D eigenvalue weighted by Gasteiger charge is -2.10. The lowest BCUT2D eigenvalue weighted by Crippen LogP contribution is -2.25. The molecule has 1 rings (SSSR count). The Morgan fingerprint density at radius 3 is 2.87 bits per heavy atom. The number of ether oxygens (including phenoxy) is 1. The van der Waals surface area contributed by atoms with Crippen molar-refractivity contribution >= 4 is 0 Å². The van der Waals surface area contributed by atoms with Crippen LogP contribution in [0.4, 0.5) is 0 Å². The van der Waals surface area contributed by atoms with Gasteiger partial charge < -0.3 is 10.5 Å². The fourth-order valence-electron chi connectivity index (χ4n) is 1.58. The summed E-state index contributed by atoms with van der Waals surface area (Å²) in [5, 5.41) is 4.39. The van der Waals surface area contributed by atoms with E-state index in [2.05, 4.69) is 18.1 Å². The van der Waals surface area contributed by atoms with Crippen molar-refractivity contribution in [2.24, 2.45) is 12.8 Å². The summed E-state index contributed by atoms with van der Waals surface area (Å²) in [5.41, 5.74) is 8.33. The second kappa shape index (κ2) is 5.88. The maximum Gasteiger partial charge on any atom is 0.0624 e. The van der Waals surface area contributed by atoms with Gasteiger partial charge >= 0.3 is 0 Å². The first-order chi connectivity index (χ1) is 7.17. The van der Waals surface area contributed by atoms with Gasteiger partial charge in [-0.2, -0.15) is 5.10 Å². The highest BCUT2D eigenvalue weighted by atomic mass is 16.5. The minimum atomic E-state index is 0.157. The van der Waals surface area contributed by atoms with Crippen molar-refractivity contribution in [3.63, 3.8) is 0 Å². The van der Waals surface area contributed by atoms with E-state index in [1.165, 1.54) is 5.69 Å². The fourth-order valence-corrected chi connectivity index (χ4v) is 1.58. The Balaban J connectivity index is 2.51. The Labute approximate surface area is 91.4 Å². The zero-order valence-electron chi connectivity index (χ0n) is 9.86. The van der Waals surface area contributed by atoms with Gasteiger partial charge in [0.1, 0.15) is 0 Å². The number of nitrogens with two attached hydrogens (primary N) is 1. The molecule has 4 heteroatoms. The molecule has 1 aromatic rings. The molecule has 0 saturated carbocycles. The van der Waals surface area contributed by atoms with E-state index in [0.29, 0.717) is 0 Å². The summed E-state index contributed by atoms with van der Waals surface area (Å²) >= 11 is 0. The Kier molecular flexibility index (Phi) is 4.78. The van der Waals surface area contributed by atoms with Crippen LogP contribution < -0.4 is 5.73 Å². The van der Waals surface area contributed by atoms with Crippen LogP contribution in [0.3, 0.4) is 0 Å². The summed E-state index contributed by atoms with van der Waals surface area (Å²) in [7, 11) is 3.67. The van der Waals surface area contributed by atoms with E-state index in [-0.39, 0.29) is 6.04 Å². The SMILES string of the molecule is CCc1cc(CC(N)CCOC)n(C)n1. The molecule has 0 fully saturated rings. The van der Waals surface area contributed by atoms with Gasteiger partial charge in [-0.3, -0.25) is 4.68 Å². The van der Waals surface area contributed by atoms with E-state index >= 15 is 0 Å². The van der Waals surface area contributed by atoms with Crippen LogP contribution in [0.1, 0.15) is 24.7 Å². The molecule has 0 aliphatic rings. The summed E-state index contributed by atoms with van der Waals surface area (Å²) in [4.78, 5) is 0. The zero-order chi connectivity index (χ0) is 11.3. The van der Waals surface area contributed by atoms with Gasteiger partial charge in [-0.15, -0.1) is 0 Å². The third-order valence-corrected chi connectivity index (χ3v) is 2.55. The molecule has 1 unspecified atom stereocenters. The van der Waals surface area contributed by atoms with Crippen molar-refractivity contribution in [3.8, 4) is 0 Å². The Hall–Kier alpha value is -0.870. The second-order valence-electron chi connectivity index (χ2n) is 3.85. The third kappa shape index (κ3) is 3.64. The monoisotopic (exact) mass is 211 g/mol. The van der Waals surface area contributed by atoms with Gasteiger partial charge in [0.05, 0.1) is 5.69 Å². The molecule has 1 aromatic heterocycles. The molecular formula is C11H21N3O. The number of rotatable bonds is 6. The van der Waals surface area contributed by atoms with Crippen molar-refractivity contribution in [1.82, 2.24) is 9.78 Å². The van der Waals surface area contributed by atoms with Gasteiger partial charge in [-0.1, -0.05) is 6.92 Å². The van der Waals surface area contributed by atoms with Crippen molar-refractivity contribution in [2.45, 2.75) is 32.2 Å². The summed E-state index contributed by atoms with van der Waals surface area (Å²) in [5.74, 6) is 0. The van der Waals surface area contributed by atoms with Crippen molar-refractivity contribution in [1.29, 1.82) is 0 Å². The van der Waals surface area contributed by atoms with E-state index in [1.54, 1.807) is 7.11 Å². The highest BCUT2D eigenvalue weighted by Gasteiger charge is 2.08. The van der Waals surface area contributed by atoms with Crippen LogP contribution in [0.25, 0.3) is 0 Å². The van der Waals surface area contributed by atoms with Crippen LogP contribution in [0.15, 0.2) is 6.07 Å². The number of hydrogen-bond donors (Lipinski definition) is 1. The Bertz CT molecular complexity index is 296. The van der Waals surface area contributed by atoms with Gasteiger partial charge in [-0.25, -0.2) is 0 Å². The molecule has 86 valence electrons. The predicted octanol–water partition coefficient (Wildman–Crippen LogP) is 0.889. The van der Waals surface area contributed by atoms with Crippen molar-refractivity contribution < 1.29 is 4.74 Å². The number of methoxy groups -OCH3 is 1. The number of hydrogen-bond acceptors (Lipinski definition) is 3. The fraction of sp³-hybridized carbons (Fsp3) is 0.727. The lowest BCUT2D eigenvalue weighted by atomic mass is 10.1. The highest BCUT2D eigenvalue weighted by Crippen LogP contribution is 2.07. The molecule has 4 nitrogen and oxygen atoms in total. The topological polar surface area (TPSA) is 53.1 Å². The van der Waals surface area contributed by atoms with Crippen LogP contribution in [-0.2, 0) is 24.6 Å². The first kappa shape index (κ1) is 12.2.